The van der Waals surface area contributed by atoms with Crippen LogP contribution in [-0.4, -0.2) is 80.2 Å². The summed E-state index contributed by atoms with van der Waals surface area (Å²) in [5, 5.41) is 18.7. The number of amidine groups is 1. The molecule has 6 N–H and O–H groups in total. The second-order valence-electron chi connectivity index (χ2n) is 8.16. The number of carbonyl (C=O) groups is 1. The van der Waals surface area contributed by atoms with Crippen molar-refractivity contribution in [3.63, 3.8) is 0 Å². The summed E-state index contributed by atoms with van der Waals surface area (Å²) < 4.78 is 0. The minimum atomic E-state index is -0.208. The van der Waals surface area contributed by atoms with Crippen molar-refractivity contribution in [1.29, 1.82) is 0 Å². The molecule has 0 atom stereocenters. The highest BCUT2D eigenvalue weighted by Crippen LogP contribution is 2.31. The van der Waals surface area contributed by atoms with Crippen LogP contribution in [0.1, 0.15) is 17.3 Å². The second-order valence-corrected chi connectivity index (χ2v) is 8.57. The van der Waals surface area contributed by atoms with E-state index in [1.54, 1.807) is 33.2 Å². The quantitative estimate of drug-likeness (QED) is 0.275. The maximum absolute atomic E-state index is 12.7. The maximum atomic E-state index is 12.7. The van der Waals surface area contributed by atoms with Gasteiger partial charge < -0.3 is 31.7 Å². The number of aromatic nitrogens is 1. The molecule has 3 rings (SSSR count). The van der Waals surface area contributed by atoms with E-state index in [2.05, 4.69) is 35.7 Å². The largest absolute Gasteiger partial charge is 0.402 e. The van der Waals surface area contributed by atoms with Gasteiger partial charge in [0.1, 0.15) is 11.7 Å². The number of nitrogens with two attached hydrogens (primary N) is 1. The number of aliphatic hydroxyl groups excluding tert-OH is 1. The van der Waals surface area contributed by atoms with Gasteiger partial charge in [0.05, 0.1) is 34.8 Å². The number of piperazine rings is 1. The third-order valence-corrected chi connectivity index (χ3v) is 5.92. The minimum absolute atomic E-state index is 0.159. The lowest BCUT2D eigenvalue weighted by Crippen LogP contribution is -2.47. The molecule has 2 aromatic rings. The smallest absolute Gasteiger partial charge is 0.253 e. The number of pyridine rings is 1. The fourth-order valence-corrected chi connectivity index (χ4v) is 3.93. The maximum Gasteiger partial charge on any atom is 0.253 e. The number of aliphatic hydroxyl groups is 1. The Balaban J connectivity index is 1.84. The van der Waals surface area contributed by atoms with Gasteiger partial charge in [0.25, 0.3) is 5.91 Å². The lowest BCUT2D eigenvalue weighted by atomic mass is 10.1. The summed E-state index contributed by atoms with van der Waals surface area (Å²) >= 11 is 6.41. The van der Waals surface area contributed by atoms with Crippen molar-refractivity contribution in [2.24, 2.45) is 10.7 Å². The Labute approximate surface area is 210 Å². The van der Waals surface area contributed by atoms with E-state index in [1.807, 2.05) is 18.2 Å². The van der Waals surface area contributed by atoms with Crippen molar-refractivity contribution in [1.82, 2.24) is 15.2 Å². The SMILES string of the molecule is CN=C(C=C(C)N)Nc1cc(Nc2ccc(N3CCN(CCO)CC3)cc2C(=O)NC)c(Cl)cn1. The van der Waals surface area contributed by atoms with E-state index in [0.717, 1.165) is 31.9 Å². The van der Waals surface area contributed by atoms with Gasteiger partial charge in [-0.15, -0.1) is 0 Å². The minimum Gasteiger partial charge on any atom is -0.402 e. The molecule has 1 aromatic heterocycles. The van der Waals surface area contributed by atoms with Gasteiger partial charge in [0, 0.05) is 64.3 Å². The molecule has 0 saturated carbocycles. The van der Waals surface area contributed by atoms with E-state index < -0.39 is 0 Å². The molecule has 0 spiro atoms. The second kappa shape index (κ2) is 12.4. The molecule has 1 aromatic carbocycles. The number of carbonyl (C=O) groups excluding carboxylic acids is 1. The first-order valence-corrected chi connectivity index (χ1v) is 11.8. The molecular formula is C24H33ClN8O2. The zero-order chi connectivity index (χ0) is 25.4. The Morgan fingerprint density at radius 1 is 1.26 bits per heavy atom. The summed E-state index contributed by atoms with van der Waals surface area (Å²) in [6.45, 7) is 5.98. The van der Waals surface area contributed by atoms with Crippen LogP contribution in [0.15, 0.2) is 47.2 Å². The summed E-state index contributed by atoms with van der Waals surface area (Å²) in [5.41, 5.74) is 9.04. The van der Waals surface area contributed by atoms with E-state index >= 15 is 0 Å². The van der Waals surface area contributed by atoms with Crippen LogP contribution in [-0.2, 0) is 0 Å². The first-order chi connectivity index (χ1) is 16.8. The molecule has 0 radical (unpaired) electrons. The van der Waals surface area contributed by atoms with E-state index in [4.69, 9.17) is 22.4 Å². The highest BCUT2D eigenvalue weighted by atomic mass is 35.5. The molecule has 0 unspecified atom stereocenters. The fourth-order valence-electron chi connectivity index (χ4n) is 3.78. The number of amides is 1. The van der Waals surface area contributed by atoms with Crippen molar-refractivity contribution in [3.05, 3.63) is 52.8 Å². The van der Waals surface area contributed by atoms with Crippen molar-refractivity contribution in [2.45, 2.75) is 6.92 Å². The van der Waals surface area contributed by atoms with Crippen molar-refractivity contribution >= 4 is 46.2 Å². The monoisotopic (exact) mass is 500 g/mol. The molecule has 1 fully saturated rings. The molecule has 10 nitrogen and oxygen atoms in total. The number of β-amino-alcohol motifs (C(OH)–C–C–N with tert-alkyl or cyclic N) is 1. The van der Waals surface area contributed by atoms with E-state index in [-0.39, 0.29) is 12.5 Å². The Morgan fingerprint density at radius 2 is 2.00 bits per heavy atom. The first-order valence-electron chi connectivity index (χ1n) is 11.4. The predicted octanol–water partition coefficient (Wildman–Crippen LogP) is 2.26. The standard InChI is InChI=1S/C24H33ClN8O2/c1-16(26)12-22(27-2)31-23-14-21(19(25)15-29-23)30-20-5-4-17(13-18(20)24(35)28-3)33-8-6-32(7-9-33)10-11-34/h4-5,12-15,34H,6-11,26H2,1-3H3,(H,28,35)(H2,27,29,30,31). The number of hydrogen-bond acceptors (Lipinski definition) is 8. The zero-order valence-electron chi connectivity index (χ0n) is 20.3. The number of nitrogens with one attached hydrogen (secondary N) is 3. The number of allylic oxidation sites excluding steroid dienone is 1. The highest BCUT2D eigenvalue weighted by Gasteiger charge is 2.20. The van der Waals surface area contributed by atoms with Gasteiger partial charge in [-0.05, 0) is 31.2 Å². The summed E-state index contributed by atoms with van der Waals surface area (Å²) in [5.74, 6) is 0.870. The molecule has 2 heterocycles. The number of hydrogen-bond donors (Lipinski definition) is 5. The van der Waals surface area contributed by atoms with Gasteiger partial charge in [-0.2, -0.15) is 0 Å². The fraction of sp³-hybridized carbons (Fsp3) is 0.375. The Bertz CT molecular complexity index is 1090. The van der Waals surface area contributed by atoms with Crippen molar-refractivity contribution < 1.29 is 9.90 Å². The van der Waals surface area contributed by atoms with Gasteiger partial charge >= 0.3 is 0 Å². The van der Waals surface area contributed by atoms with Crippen LogP contribution in [0.4, 0.5) is 22.9 Å². The normalized spacial score (nSPS) is 15.2. The molecule has 35 heavy (non-hydrogen) atoms. The van der Waals surface area contributed by atoms with Crippen LogP contribution in [0.25, 0.3) is 0 Å². The number of benzene rings is 1. The topological polar surface area (TPSA) is 131 Å². The summed E-state index contributed by atoms with van der Waals surface area (Å²) in [6, 6.07) is 7.49. The van der Waals surface area contributed by atoms with Gasteiger partial charge in [-0.25, -0.2) is 4.98 Å². The first kappa shape index (κ1) is 26.3. The van der Waals surface area contributed by atoms with Crippen LogP contribution >= 0.6 is 11.6 Å². The molecule has 1 aliphatic rings. The van der Waals surface area contributed by atoms with E-state index in [1.165, 1.54) is 6.20 Å². The molecule has 11 heteroatoms. The molecule has 0 bridgehead atoms. The molecular weight excluding hydrogens is 468 g/mol. The van der Waals surface area contributed by atoms with Crippen LogP contribution in [0.5, 0.6) is 0 Å². The van der Waals surface area contributed by atoms with Gasteiger partial charge in [0.2, 0.25) is 0 Å². The van der Waals surface area contributed by atoms with Crippen molar-refractivity contribution in [2.75, 3.05) is 69.0 Å². The Morgan fingerprint density at radius 3 is 2.63 bits per heavy atom. The predicted molar refractivity (Wildman–Crippen MR) is 143 cm³/mol. The number of halogens is 1. The van der Waals surface area contributed by atoms with Crippen LogP contribution in [0.2, 0.25) is 5.02 Å². The average Bonchev–Trinajstić information content (AvgIpc) is 2.85. The molecule has 1 saturated heterocycles. The van der Waals surface area contributed by atoms with Crippen molar-refractivity contribution in [3.8, 4) is 0 Å². The zero-order valence-corrected chi connectivity index (χ0v) is 21.1. The molecule has 1 amide bonds. The van der Waals surface area contributed by atoms with Crippen LogP contribution < -0.4 is 26.6 Å². The van der Waals surface area contributed by atoms with Gasteiger partial charge in [0.15, 0.2) is 0 Å². The van der Waals surface area contributed by atoms with E-state index in [9.17, 15) is 4.79 Å². The Kier molecular flexibility index (Phi) is 9.30. The third-order valence-electron chi connectivity index (χ3n) is 5.61. The number of anilines is 4. The molecule has 0 aliphatic carbocycles. The summed E-state index contributed by atoms with van der Waals surface area (Å²) in [6.07, 6.45) is 3.23. The Hall–Kier alpha value is -3.34. The molecule has 1 aliphatic heterocycles. The number of aliphatic imine (C=N–C) groups is 1. The summed E-state index contributed by atoms with van der Waals surface area (Å²) in [7, 11) is 3.26. The van der Waals surface area contributed by atoms with E-state index in [0.29, 0.717) is 45.9 Å². The van der Waals surface area contributed by atoms with Crippen LogP contribution in [0.3, 0.4) is 0 Å². The summed E-state index contributed by atoms with van der Waals surface area (Å²) in [4.78, 5) is 25.7. The number of rotatable bonds is 8. The highest BCUT2D eigenvalue weighted by molar-refractivity contribution is 6.33. The van der Waals surface area contributed by atoms with Crippen LogP contribution in [0, 0.1) is 0 Å². The number of nitrogens with zero attached hydrogens (tertiary/aromatic N) is 4. The van der Waals surface area contributed by atoms with Gasteiger partial charge in [-0.3, -0.25) is 14.7 Å². The lowest BCUT2D eigenvalue weighted by molar-refractivity contribution is 0.0964. The van der Waals surface area contributed by atoms with Gasteiger partial charge in [-0.1, -0.05) is 11.6 Å². The average molecular weight is 501 g/mol. The molecule has 188 valence electrons. The third kappa shape index (κ3) is 7.08. The lowest BCUT2D eigenvalue weighted by Gasteiger charge is -2.36.